The third kappa shape index (κ3) is 4.99. The molecule has 3 atom stereocenters. The number of fused-ring (bicyclic) bond motifs is 3. The van der Waals surface area contributed by atoms with Crippen molar-refractivity contribution in [3.63, 3.8) is 0 Å². The van der Waals surface area contributed by atoms with Crippen LogP contribution in [0.2, 0.25) is 5.02 Å². The van der Waals surface area contributed by atoms with Crippen LogP contribution in [0.4, 0.5) is 24.5 Å². The molecule has 0 spiro atoms. The Kier molecular flexibility index (Phi) is 7.07. The lowest BCUT2D eigenvalue weighted by Crippen LogP contribution is -2.51. The van der Waals surface area contributed by atoms with Crippen LogP contribution in [-0.4, -0.2) is 64.0 Å². The van der Waals surface area contributed by atoms with Crippen molar-refractivity contribution in [3.05, 3.63) is 56.7 Å². The minimum absolute atomic E-state index is 0.0634. The highest BCUT2D eigenvalue weighted by Crippen LogP contribution is 2.42. The number of hydrogen-bond acceptors (Lipinski definition) is 7. The Labute approximate surface area is 238 Å². The number of carbonyl (C=O) groups excluding carboxylic acids is 1. The van der Waals surface area contributed by atoms with Gasteiger partial charge in [0.1, 0.15) is 11.7 Å². The zero-order valence-corrected chi connectivity index (χ0v) is 23.2. The molecular formula is C27H29ClF3N7O3. The quantitative estimate of drug-likeness (QED) is 0.475. The molecule has 0 unspecified atom stereocenters. The van der Waals surface area contributed by atoms with Crippen LogP contribution < -0.4 is 21.1 Å². The molecule has 0 saturated carbocycles. The first-order valence-corrected chi connectivity index (χ1v) is 13.9. The molecular weight excluding hydrogens is 563 g/mol. The third-order valence-electron chi connectivity index (χ3n) is 7.85. The monoisotopic (exact) mass is 591 g/mol. The minimum atomic E-state index is -4.56. The number of nitrogens with zero attached hydrogens (tertiary/aromatic N) is 5. The number of alkyl halides is 3. The van der Waals surface area contributed by atoms with Crippen molar-refractivity contribution >= 4 is 40.2 Å². The zero-order chi connectivity index (χ0) is 29.1. The summed E-state index contributed by atoms with van der Waals surface area (Å²) < 4.78 is 47.9. The molecule has 41 heavy (non-hydrogen) atoms. The minimum Gasteiger partial charge on any atom is -0.377 e. The van der Waals surface area contributed by atoms with Crippen LogP contribution in [0.15, 0.2) is 29.1 Å². The Morgan fingerprint density at radius 1 is 1.27 bits per heavy atom. The number of anilines is 2. The van der Waals surface area contributed by atoms with Crippen molar-refractivity contribution in [2.24, 2.45) is 0 Å². The fourth-order valence-electron chi connectivity index (χ4n) is 5.89. The maximum atomic E-state index is 14.0. The molecule has 1 aromatic carbocycles. The van der Waals surface area contributed by atoms with E-state index in [-0.39, 0.29) is 34.0 Å². The van der Waals surface area contributed by atoms with Gasteiger partial charge in [-0.1, -0.05) is 24.6 Å². The molecule has 3 aromatic rings. The number of carbonyl (C=O) groups is 1. The second-order valence-corrected chi connectivity index (χ2v) is 11.2. The van der Waals surface area contributed by atoms with Crippen molar-refractivity contribution in [2.45, 2.75) is 50.9 Å². The first kappa shape index (κ1) is 27.7. The summed E-state index contributed by atoms with van der Waals surface area (Å²) in [4.78, 5) is 34.5. The second-order valence-electron chi connectivity index (χ2n) is 10.7. The normalized spacial score (nSPS) is 23.0. The number of ether oxygens (including phenoxy) is 1. The molecule has 1 amide bonds. The zero-order valence-electron chi connectivity index (χ0n) is 22.5. The number of aromatic nitrogens is 4. The summed E-state index contributed by atoms with van der Waals surface area (Å²) in [5.41, 5.74) is 0.884. The van der Waals surface area contributed by atoms with E-state index >= 15 is 0 Å². The Morgan fingerprint density at radius 3 is 2.76 bits per heavy atom. The van der Waals surface area contributed by atoms with Crippen LogP contribution in [0.3, 0.4) is 0 Å². The molecule has 6 rings (SSSR count). The first-order chi connectivity index (χ1) is 19.5. The van der Waals surface area contributed by atoms with E-state index in [9.17, 15) is 22.8 Å². The maximum Gasteiger partial charge on any atom is 0.416 e. The molecule has 0 radical (unpaired) electrons. The SMILES string of the molecule is C[C@@H]1CN(c2c3n(c4nc(C5=CCOCC5)nn4c2=O)[C@H](C(=O)Nc2ccc(C(F)(F)F)cc2Cl)C[C@H]3C)CCN1. The van der Waals surface area contributed by atoms with Crippen molar-refractivity contribution in [1.82, 2.24) is 24.5 Å². The standard InChI is InChI=1S/C27H29ClF3N7O3/c1-14-11-20(24(39)33-19-4-3-17(12-18(19)28)27(29,30)31)37-21(14)22(36-8-7-32-15(2)13-36)25(40)38-26(37)34-23(35-38)16-5-9-41-10-6-16/h3-5,12,14-15,20,32H,6-11,13H2,1-2H3,(H,33,39)/t14-,15-,20+/m1/s1. The van der Waals surface area contributed by atoms with Gasteiger partial charge in [-0.05, 0) is 43.5 Å². The van der Waals surface area contributed by atoms with E-state index in [0.717, 1.165) is 23.8 Å². The predicted octanol–water partition coefficient (Wildman–Crippen LogP) is 3.85. The summed E-state index contributed by atoms with van der Waals surface area (Å²) >= 11 is 6.14. The molecule has 14 heteroatoms. The Hall–Kier alpha value is -3.42. The van der Waals surface area contributed by atoms with Crippen LogP contribution in [0.5, 0.6) is 0 Å². The van der Waals surface area contributed by atoms with Crippen LogP contribution in [0, 0.1) is 0 Å². The number of piperazine rings is 1. The van der Waals surface area contributed by atoms with Gasteiger partial charge in [-0.3, -0.25) is 14.2 Å². The maximum absolute atomic E-state index is 14.0. The molecule has 10 nitrogen and oxygen atoms in total. The van der Waals surface area contributed by atoms with E-state index in [1.54, 1.807) is 4.57 Å². The highest BCUT2D eigenvalue weighted by molar-refractivity contribution is 6.33. The molecule has 1 fully saturated rings. The number of halogens is 4. The van der Waals surface area contributed by atoms with Crippen molar-refractivity contribution in [2.75, 3.05) is 43.1 Å². The van der Waals surface area contributed by atoms with E-state index < -0.39 is 23.7 Å². The summed E-state index contributed by atoms with van der Waals surface area (Å²) in [5.74, 6) is -0.0239. The van der Waals surface area contributed by atoms with Gasteiger partial charge in [0, 0.05) is 31.6 Å². The predicted molar refractivity (Wildman–Crippen MR) is 147 cm³/mol. The van der Waals surface area contributed by atoms with Crippen molar-refractivity contribution in [1.29, 1.82) is 0 Å². The molecule has 2 N–H and O–H groups in total. The van der Waals surface area contributed by atoms with Crippen molar-refractivity contribution < 1.29 is 22.7 Å². The summed E-state index contributed by atoms with van der Waals surface area (Å²) in [6.45, 7) is 6.82. The van der Waals surface area contributed by atoms with E-state index in [0.29, 0.717) is 62.9 Å². The van der Waals surface area contributed by atoms with E-state index in [1.165, 1.54) is 4.52 Å². The van der Waals surface area contributed by atoms with Gasteiger partial charge in [0.2, 0.25) is 11.7 Å². The topological polar surface area (TPSA) is 106 Å². The second kappa shape index (κ2) is 10.4. The lowest BCUT2D eigenvalue weighted by molar-refractivity contribution is -0.137. The molecule has 3 aliphatic rings. The number of benzene rings is 1. The van der Waals surface area contributed by atoms with Crippen LogP contribution >= 0.6 is 11.6 Å². The third-order valence-corrected chi connectivity index (χ3v) is 8.16. The van der Waals surface area contributed by atoms with Crippen LogP contribution in [-0.2, 0) is 15.7 Å². The number of rotatable bonds is 4. The van der Waals surface area contributed by atoms with Crippen LogP contribution in [0.25, 0.3) is 11.4 Å². The summed E-state index contributed by atoms with van der Waals surface area (Å²) in [5, 5.41) is 10.4. The van der Waals surface area contributed by atoms with Gasteiger partial charge < -0.3 is 20.3 Å². The highest BCUT2D eigenvalue weighted by Gasteiger charge is 2.40. The van der Waals surface area contributed by atoms with Crippen LogP contribution in [0.1, 0.15) is 55.7 Å². The number of amides is 1. The highest BCUT2D eigenvalue weighted by atomic mass is 35.5. The molecule has 2 aromatic heterocycles. The average Bonchev–Trinajstić information content (AvgIpc) is 3.52. The lowest BCUT2D eigenvalue weighted by Gasteiger charge is -2.34. The Morgan fingerprint density at radius 2 is 2.07 bits per heavy atom. The van der Waals surface area contributed by atoms with E-state index in [4.69, 9.17) is 21.3 Å². The Bertz CT molecular complexity index is 1620. The Balaban J connectivity index is 1.46. The van der Waals surface area contributed by atoms with Gasteiger partial charge >= 0.3 is 6.18 Å². The molecule has 3 aliphatic heterocycles. The summed E-state index contributed by atoms with van der Waals surface area (Å²) in [6, 6.07) is 2.15. The van der Waals surface area contributed by atoms with Gasteiger partial charge in [-0.2, -0.15) is 22.7 Å². The largest absolute Gasteiger partial charge is 0.416 e. The van der Waals surface area contributed by atoms with Gasteiger partial charge in [0.05, 0.1) is 35.2 Å². The molecule has 218 valence electrons. The van der Waals surface area contributed by atoms with E-state index in [1.807, 2.05) is 24.8 Å². The summed E-state index contributed by atoms with van der Waals surface area (Å²) in [7, 11) is 0. The smallest absolute Gasteiger partial charge is 0.377 e. The molecule has 5 heterocycles. The van der Waals surface area contributed by atoms with Gasteiger partial charge in [-0.25, -0.2) is 0 Å². The molecule has 0 bridgehead atoms. The van der Waals surface area contributed by atoms with Gasteiger partial charge in [0.15, 0.2) is 5.82 Å². The number of hydrogen-bond donors (Lipinski definition) is 2. The molecule has 0 aliphatic carbocycles. The lowest BCUT2D eigenvalue weighted by atomic mass is 10.0. The number of nitrogens with one attached hydrogen (secondary N) is 2. The van der Waals surface area contributed by atoms with Crippen molar-refractivity contribution in [3.8, 4) is 0 Å². The summed E-state index contributed by atoms with van der Waals surface area (Å²) in [6.07, 6.45) is -1.73. The fraction of sp³-hybridized carbons (Fsp3) is 0.481. The van der Waals surface area contributed by atoms with Gasteiger partial charge in [0.25, 0.3) is 5.56 Å². The first-order valence-electron chi connectivity index (χ1n) is 13.5. The molecule has 1 saturated heterocycles. The fourth-order valence-corrected chi connectivity index (χ4v) is 6.12. The average molecular weight is 592 g/mol. The van der Waals surface area contributed by atoms with E-state index in [2.05, 4.69) is 15.7 Å². The van der Waals surface area contributed by atoms with Gasteiger partial charge in [-0.15, -0.1) is 5.10 Å².